The number of hydrogen-bond donors (Lipinski definition) is 3. The second-order valence-corrected chi connectivity index (χ2v) is 10.5. The molecule has 0 aliphatic carbocycles. The van der Waals surface area contributed by atoms with Gasteiger partial charge in [-0.05, 0) is 59.7 Å². The number of aliphatic carboxylic acids is 1. The highest BCUT2D eigenvalue weighted by atomic mass is 32.2. The molecule has 4 N–H and O–H groups in total. The molecule has 0 radical (unpaired) electrons. The summed E-state index contributed by atoms with van der Waals surface area (Å²) in [7, 11) is -4.08. The number of carboxylic acids is 1. The molecule has 0 aromatic heterocycles. The van der Waals surface area contributed by atoms with E-state index in [0.717, 1.165) is 21.9 Å². The molecule has 0 spiro atoms. The molecule has 0 saturated carbocycles. The fourth-order valence-electron chi connectivity index (χ4n) is 4.54. The number of carbonyl (C=O) groups excluding carboxylic acids is 1. The molecule has 1 amide bonds. The van der Waals surface area contributed by atoms with Gasteiger partial charge in [-0.15, -0.1) is 0 Å². The Balaban J connectivity index is 1.68. The van der Waals surface area contributed by atoms with E-state index in [1.165, 1.54) is 11.0 Å². The van der Waals surface area contributed by atoms with E-state index in [1.807, 2.05) is 36.4 Å². The maximum absolute atomic E-state index is 13.6. The van der Waals surface area contributed by atoms with Gasteiger partial charge in [-0.1, -0.05) is 54.6 Å². The molecule has 8 nitrogen and oxygen atoms in total. The first kappa shape index (κ1) is 24.8. The molecule has 3 aromatic carbocycles. The van der Waals surface area contributed by atoms with Crippen molar-refractivity contribution >= 4 is 32.7 Å². The van der Waals surface area contributed by atoms with Crippen molar-refractivity contribution in [3.63, 3.8) is 0 Å². The third kappa shape index (κ3) is 5.70. The Kier molecular flexibility index (Phi) is 7.49. The number of carbonyl (C=O) groups is 2. The summed E-state index contributed by atoms with van der Waals surface area (Å²) in [5.41, 5.74) is 7.34. The molecule has 1 heterocycles. The Morgan fingerprint density at radius 1 is 1.00 bits per heavy atom. The number of piperidine rings is 1. The van der Waals surface area contributed by atoms with Crippen molar-refractivity contribution < 1.29 is 23.1 Å². The summed E-state index contributed by atoms with van der Waals surface area (Å²) in [6, 6.07) is 17.3. The van der Waals surface area contributed by atoms with E-state index < -0.39 is 34.0 Å². The van der Waals surface area contributed by atoms with Crippen LogP contribution in [0.15, 0.2) is 71.6 Å². The number of likely N-dealkylation sites (tertiary alicyclic amines) is 1. The predicted molar refractivity (Wildman–Crippen MR) is 133 cm³/mol. The van der Waals surface area contributed by atoms with Crippen molar-refractivity contribution in [3.05, 3.63) is 77.9 Å². The molecular formula is C26H29N3O5S. The van der Waals surface area contributed by atoms with Gasteiger partial charge in [0.05, 0.1) is 4.90 Å². The normalized spacial score (nSPS) is 17.3. The van der Waals surface area contributed by atoms with Gasteiger partial charge in [0.1, 0.15) is 12.1 Å². The number of nitrogens with zero attached hydrogens (tertiary/aromatic N) is 1. The Labute approximate surface area is 204 Å². The molecule has 4 rings (SSSR count). The zero-order valence-electron chi connectivity index (χ0n) is 19.3. The lowest BCUT2D eigenvalue weighted by Crippen LogP contribution is -2.56. The summed E-state index contributed by atoms with van der Waals surface area (Å²) >= 11 is 0. The van der Waals surface area contributed by atoms with Crippen LogP contribution in [0.3, 0.4) is 0 Å². The zero-order chi connectivity index (χ0) is 25.0. The molecule has 1 fully saturated rings. The number of rotatable bonds is 8. The van der Waals surface area contributed by atoms with E-state index in [9.17, 15) is 23.1 Å². The number of hydrogen-bond acceptors (Lipinski definition) is 5. The Hall–Kier alpha value is -3.27. The van der Waals surface area contributed by atoms with Gasteiger partial charge in [0.2, 0.25) is 15.9 Å². The minimum absolute atomic E-state index is 0.0399. The number of nitrogens with one attached hydrogen (secondary N) is 1. The SMILES string of the molecule is NCc1cccc(C[C@H](NS(=O)(=O)c2ccc3ccccc3c2)C(=O)N2CCCCC2C(=O)O)c1. The fourth-order valence-corrected chi connectivity index (χ4v) is 5.76. The third-order valence-electron chi connectivity index (χ3n) is 6.36. The van der Waals surface area contributed by atoms with Crippen molar-refractivity contribution in [2.75, 3.05) is 6.54 Å². The van der Waals surface area contributed by atoms with Gasteiger partial charge < -0.3 is 15.7 Å². The number of benzene rings is 3. The maximum atomic E-state index is 13.6. The average molecular weight is 496 g/mol. The molecule has 1 unspecified atom stereocenters. The molecule has 1 aliphatic heterocycles. The van der Waals surface area contributed by atoms with Crippen molar-refractivity contribution in [2.24, 2.45) is 5.73 Å². The first-order chi connectivity index (χ1) is 16.8. The minimum atomic E-state index is -4.08. The van der Waals surface area contributed by atoms with Gasteiger partial charge in [-0.3, -0.25) is 4.79 Å². The number of nitrogens with two attached hydrogens (primary N) is 1. The molecule has 35 heavy (non-hydrogen) atoms. The molecule has 2 atom stereocenters. The Morgan fingerprint density at radius 3 is 2.49 bits per heavy atom. The quantitative estimate of drug-likeness (QED) is 0.441. The van der Waals surface area contributed by atoms with Crippen LogP contribution in [0.25, 0.3) is 10.8 Å². The van der Waals surface area contributed by atoms with E-state index >= 15 is 0 Å². The molecule has 1 aliphatic rings. The standard InChI is InChI=1S/C26H29N3O5S/c27-17-19-7-5-6-18(14-19)15-23(25(30)29-13-4-3-10-24(29)26(31)32)28-35(33,34)22-12-11-20-8-1-2-9-21(20)16-22/h1-2,5-9,11-12,14,16,23-24,28H,3-4,10,13,15,17,27H2,(H,31,32)/t23-,24?/m0/s1. The number of fused-ring (bicyclic) bond motifs is 1. The molecule has 3 aromatic rings. The van der Waals surface area contributed by atoms with Gasteiger partial charge >= 0.3 is 5.97 Å². The lowest BCUT2D eigenvalue weighted by Gasteiger charge is -2.35. The van der Waals surface area contributed by atoms with Crippen LogP contribution in [0.4, 0.5) is 0 Å². The van der Waals surface area contributed by atoms with Crippen molar-refractivity contribution in [2.45, 2.75) is 49.2 Å². The van der Waals surface area contributed by atoms with Crippen LogP contribution < -0.4 is 10.5 Å². The summed E-state index contributed by atoms with van der Waals surface area (Å²) in [6.07, 6.45) is 1.78. The van der Waals surface area contributed by atoms with Gasteiger partial charge in [0.15, 0.2) is 0 Å². The van der Waals surface area contributed by atoms with Gasteiger partial charge in [0.25, 0.3) is 0 Å². The van der Waals surface area contributed by atoms with E-state index in [2.05, 4.69) is 4.72 Å². The Morgan fingerprint density at radius 2 is 1.74 bits per heavy atom. The Bertz CT molecular complexity index is 1340. The van der Waals surface area contributed by atoms with Crippen molar-refractivity contribution in [3.8, 4) is 0 Å². The lowest BCUT2D eigenvalue weighted by atomic mass is 9.98. The second kappa shape index (κ2) is 10.6. The van der Waals surface area contributed by atoms with E-state index in [-0.39, 0.29) is 17.9 Å². The van der Waals surface area contributed by atoms with Crippen molar-refractivity contribution in [1.29, 1.82) is 0 Å². The summed E-state index contributed by atoms with van der Waals surface area (Å²) in [5.74, 6) is -1.63. The summed E-state index contributed by atoms with van der Waals surface area (Å²) in [6.45, 7) is 0.579. The topological polar surface area (TPSA) is 130 Å². The molecule has 184 valence electrons. The summed E-state index contributed by atoms with van der Waals surface area (Å²) in [5, 5.41) is 11.3. The highest BCUT2D eigenvalue weighted by Crippen LogP contribution is 2.22. The number of sulfonamides is 1. The van der Waals surface area contributed by atoms with Gasteiger partial charge in [-0.25, -0.2) is 13.2 Å². The number of amides is 1. The van der Waals surface area contributed by atoms with Crippen LogP contribution in [0.5, 0.6) is 0 Å². The number of carboxylic acid groups (broad SMARTS) is 1. The second-order valence-electron chi connectivity index (χ2n) is 8.79. The maximum Gasteiger partial charge on any atom is 0.326 e. The van der Waals surface area contributed by atoms with Crippen molar-refractivity contribution in [1.82, 2.24) is 9.62 Å². The van der Waals surface area contributed by atoms with Crippen LogP contribution in [-0.2, 0) is 32.6 Å². The van der Waals surface area contributed by atoms with Crippen LogP contribution >= 0.6 is 0 Å². The fraction of sp³-hybridized carbons (Fsp3) is 0.308. The monoisotopic (exact) mass is 495 g/mol. The highest BCUT2D eigenvalue weighted by molar-refractivity contribution is 7.89. The molecule has 0 bridgehead atoms. The lowest BCUT2D eigenvalue weighted by molar-refractivity contribution is -0.152. The highest BCUT2D eigenvalue weighted by Gasteiger charge is 2.37. The largest absolute Gasteiger partial charge is 0.480 e. The zero-order valence-corrected chi connectivity index (χ0v) is 20.1. The first-order valence-electron chi connectivity index (χ1n) is 11.6. The van der Waals surface area contributed by atoms with E-state index in [0.29, 0.717) is 25.8 Å². The molecule has 1 saturated heterocycles. The minimum Gasteiger partial charge on any atom is -0.480 e. The molecule has 9 heteroatoms. The van der Waals surface area contributed by atoms with Crippen LogP contribution in [-0.4, -0.2) is 48.9 Å². The third-order valence-corrected chi connectivity index (χ3v) is 7.83. The first-order valence-corrected chi connectivity index (χ1v) is 13.1. The smallest absolute Gasteiger partial charge is 0.326 e. The molecular weight excluding hydrogens is 466 g/mol. The van der Waals surface area contributed by atoms with Crippen LogP contribution in [0.1, 0.15) is 30.4 Å². The van der Waals surface area contributed by atoms with Crippen LogP contribution in [0, 0.1) is 0 Å². The average Bonchev–Trinajstić information content (AvgIpc) is 2.87. The summed E-state index contributed by atoms with van der Waals surface area (Å²) in [4.78, 5) is 26.8. The van der Waals surface area contributed by atoms with E-state index in [1.54, 1.807) is 24.3 Å². The summed E-state index contributed by atoms with van der Waals surface area (Å²) < 4.78 is 29.3. The van der Waals surface area contributed by atoms with Gasteiger partial charge in [0, 0.05) is 13.1 Å². The van der Waals surface area contributed by atoms with Crippen LogP contribution in [0.2, 0.25) is 0 Å². The predicted octanol–water partition coefficient (Wildman–Crippen LogP) is 2.65. The van der Waals surface area contributed by atoms with E-state index in [4.69, 9.17) is 5.73 Å². The van der Waals surface area contributed by atoms with Gasteiger partial charge in [-0.2, -0.15) is 4.72 Å².